The Morgan fingerprint density at radius 2 is 1.44 bits per heavy atom. The number of hydrogen-bond acceptors (Lipinski definition) is 4. The minimum atomic E-state index is -1.25. The SMILES string of the molecule is O=S(CCN1CCC(NCC(O)Cc2ccccc2)CC1)C(c1ccc(F)cc1)c1ccc(F)cc1. The van der Waals surface area contributed by atoms with Crippen LogP contribution in [0.3, 0.4) is 0 Å². The lowest BCUT2D eigenvalue weighted by Gasteiger charge is -2.33. The second-order valence-electron chi connectivity index (χ2n) is 9.44. The van der Waals surface area contributed by atoms with Crippen LogP contribution >= 0.6 is 0 Å². The standard InChI is InChI=1S/C29H34F2N2O2S/c30-25-10-6-23(7-11-25)29(24-8-12-26(31)13-9-24)36(35)19-18-33-16-14-27(15-17-33)32-21-28(34)20-22-4-2-1-3-5-22/h1-13,27-29,32,34H,14-21H2. The van der Waals surface area contributed by atoms with Gasteiger partial charge in [0, 0.05) is 35.7 Å². The van der Waals surface area contributed by atoms with Crippen molar-refractivity contribution in [3.05, 3.63) is 107 Å². The van der Waals surface area contributed by atoms with E-state index in [4.69, 9.17) is 0 Å². The summed E-state index contributed by atoms with van der Waals surface area (Å²) in [6.07, 6.45) is 2.18. The van der Waals surface area contributed by atoms with Gasteiger partial charge in [0.1, 0.15) is 11.6 Å². The Kier molecular flexibility index (Phi) is 9.75. The van der Waals surface area contributed by atoms with Gasteiger partial charge in [0.2, 0.25) is 0 Å². The number of nitrogens with one attached hydrogen (secondary N) is 1. The van der Waals surface area contributed by atoms with Crippen molar-refractivity contribution in [2.24, 2.45) is 0 Å². The van der Waals surface area contributed by atoms with Crippen LogP contribution in [0.4, 0.5) is 8.78 Å². The van der Waals surface area contributed by atoms with Crippen molar-refractivity contribution in [1.82, 2.24) is 10.2 Å². The Labute approximate surface area is 214 Å². The number of likely N-dealkylation sites (tertiary alicyclic amines) is 1. The van der Waals surface area contributed by atoms with Crippen LogP contribution < -0.4 is 5.32 Å². The third-order valence-corrected chi connectivity index (χ3v) is 8.42. The summed E-state index contributed by atoms with van der Waals surface area (Å²) in [6.45, 7) is 3.08. The van der Waals surface area contributed by atoms with E-state index in [1.54, 1.807) is 24.3 Å². The summed E-state index contributed by atoms with van der Waals surface area (Å²) < 4.78 is 40.4. The van der Waals surface area contributed by atoms with Crippen LogP contribution in [0, 0.1) is 11.6 Å². The molecule has 1 aliphatic heterocycles. The molecule has 0 radical (unpaired) electrons. The summed E-state index contributed by atoms with van der Waals surface area (Å²) in [5.41, 5.74) is 2.66. The van der Waals surface area contributed by atoms with Gasteiger partial charge in [-0.3, -0.25) is 4.21 Å². The van der Waals surface area contributed by atoms with E-state index in [9.17, 15) is 18.1 Å². The summed E-state index contributed by atoms with van der Waals surface area (Å²) >= 11 is 0. The highest BCUT2D eigenvalue weighted by atomic mass is 32.2. The van der Waals surface area contributed by atoms with Crippen molar-refractivity contribution < 1.29 is 18.1 Å². The van der Waals surface area contributed by atoms with Gasteiger partial charge in [-0.1, -0.05) is 54.6 Å². The number of aliphatic hydroxyl groups excluding tert-OH is 1. The third-order valence-electron chi connectivity index (χ3n) is 6.76. The van der Waals surface area contributed by atoms with Gasteiger partial charge in [0.15, 0.2) is 0 Å². The lowest BCUT2D eigenvalue weighted by Crippen LogP contribution is -2.45. The molecule has 0 spiro atoms. The fourth-order valence-electron chi connectivity index (χ4n) is 4.73. The lowest BCUT2D eigenvalue weighted by molar-refractivity contribution is 0.152. The topological polar surface area (TPSA) is 52.6 Å². The Morgan fingerprint density at radius 1 is 0.889 bits per heavy atom. The predicted molar refractivity (Wildman–Crippen MR) is 141 cm³/mol. The average Bonchev–Trinajstić information content (AvgIpc) is 2.90. The van der Waals surface area contributed by atoms with E-state index in [0.29, 0.717) is 31.3 Å². The molecule has 192 valence electrons. The maximum Gasteiger partial charge on any atom is 0.123 e. The molecule has 0 aromatic heterocycles. The van der Waals surface area contributed by atoms with E-state index in [2.05, 4.69) is 10.2 Å². The monoisotopic (exact) mass is 512 g/mol. The van der Waals surface area contributed by atoms with Gasteiger partial charge >= 0.3 is 0 Å². The number of nitrogens with zero attached hydrogens (tertiary/aromatic N) is 1. The van der Waals surface area contributed by atoms with Crippen molar-refractivity contribution >= 4 is 10.8 Å². The van der Waals surface area contributed by atoms with Gasteiger partial charge < -0.3 is 15.3 Å². The zero-order chi connectivity index (χ0) is 25.3. The van der Waals surface area contributed by atoms with E-state index in [1.807, 2.05) is 30.3 Å². The van der Waals surface area contributed by atoms with Crippen molar-refractivity contribution in [2.75, 3.05) is 31.9 Å². The number of hydrogen-bond donors (Lipinski definition) is 2. The smallest absolute Gasteiger partial charge is 0.123 e. The molecule has 2 unspecified atom stereocenters. The summed E-state index contributed by atoms with van der Waals surface area (Å²) in [5, 5.41) is 13.4. The first-order chi connectivity index (χ1) is 17.5. The number of piperidine rings is 1. The molecule has 0 saturated carbocycles. The second kappa shape index (κ2) is 13.2. The van der Waals surface area contributed by atoms with Crippen molar-refractivity contribution in [2.45, 2.75) is 36.7 Å². The Morgan fingerprint density at radius 3 is 2.00 bits per heavy atom. The number of benzene rings is 3. The van der Waals surface area contributed by atoms with Gasteiger partial charge in [-0.25, -0.2) is 8.78 Å². The summed E-state index contributed by atoms with van der Waals surface area (Å²) in [7, 11) is -1.25. The van der Waals surface area contributed by atoms with Gasteiger partial charge in [-0.05, 0) is 73.3 Å². The molecule has 1 heterocycles. The Balaban J connectivity index is 1.25. The first kappa shape index (κ1) is 26.6. The summed E-state index contributed by atoms with van der Waals surface area (Å²) in [5.74, 6) is -0.203. The average molecular weight is 513 g/mol. The van der Waals surface area contributed by atoms with Crippen molar-refractivity contribution in [1.29, 1.82) is 0 Å². The molecule has 3 aromatic rings. The molecule has 0 bridgehead atoms. The van der Waals surface area contributed by atoms with Gasteiger partial charge in [0.05, 0.1) is 11.4 Å². The molecule has 7 heteroatoms. The zero-order valence-electron chi connectivity index (χ0n) is 20.4. The molecular weight excluding hydrogens is 478 g/mol. The number of halogens is 2. The fraction of sp³-hybridized carbons (Fsp3) is 0.379. The normalized spacial score (nSPS) is 16.8. The molecule has 0 amide bonds. The van der Waals surface area contributed by atoms with E-state index in [1.165, 1.54) is 24.3 Å². The highest BCUT2D eigenvalue weighted by molar-refractivity contribution is 7.85. The highest BCUT2D eigenvalue weighted by Gasteiger charge is 2.24. The van der Waals surface area contributed by atoms with Crippen molar-refractivity contribution in [3.63, 3.8) is 0 Å². The molecule has 2 N–H and O–H groups in total. The first-order valence-corrected chi connectivity index (χ1v) is 13.9. The third kappa shape index (κ3) is 7.77. The van der Waals surface area contributed by atoms with Gasteiger partial charge in [-0.15, -0.1) is 0 Å². The number of rotatable bonds is 11. The second-order valence-corrected chi connectivity index (χ2v) is 11.1. The van der Waals surface area contributed by atoms with Gasteiger partial charge in [-0.2, -0.15) is 0 Å². The molecule has 4 rings (SSSR count). The van der Waals surface area contributed by atoms with Crippen LogP contribution in [-0.2, 0) is 17.2 Å². The van der Waals surface area contributed by atoms with Crippen LogP contribution in [0.25, 0.3) is 0 Å². The predicted octanol–water partition coefficient (Wildman–Crippen LogP) is 4.46. The molecule has 4 nitrogen and oxygen atoms in total. The molecule has 1 fully saturated rings. The minimum Gasteiger partial charge on any atom is -0.391 e. The van der Waals surface area contributed by atoms with Crippen LogP contribution in [0.5, 0.6) is 0 Å². The molecule has 1 saturated heterocycles. The fourth-order valence-corrected chi connectivity index (χ4v) is 6.33. The maximum absolute atomic E-state index is 13.5. The Bertz CT molecular complexity index is 1040. The Hall–Kier alpha value is -2.45. The van der Waals surface area contributed by atoms with E-state index in [0.717, 1.165) is 42.6 Å². The summed E-state index contributed by atoms with van der Waals surface area (Å²) in [4.78, 5) is 2.32. The van der Waals surface area contributed by atoms with Gasteiger partial charge in [0.25, 0.3) is 0 Å². The summed E-state index contributed by atoms with van der Waals surface area (Å²) in [6, 6.07) is 22.5. The van der Waals surface area contributed by atoms with Crippen LogP contribution in [0.1, 0.15) is 34.8 Å². The van der Waals surface area contributed by atoms with Crippen LogP contribution in [0.2, 0.25) is 0 Å². The molecule has 0 aliphatic carbocycles. The van der Waals surface area contributed by atoms with Crippen LogP contribution in [-0.4, -0.2) is 58.3 Å². The molecular formula is C29H34F2N2O2S. The highest BCUT2D eigenvalue weighted by Crippen LogP contribution is 2.29. The quantitative estimate of drug-likeness (QED) is 0.398. The number of aliphatic hydroxyl groups is 1. The van der Waals surface area contributed by atoms with E-state index >= 15 is 0 Å². The largest absolute Gasteiger partial charge is 0.391 e. The zero-order valence-corrected chi connectivity index (χ0v) is 21.2. The minimum absolute atomic E-state index is 0.341. The van der Waals surface area contributed by atoms with E-state index in [-0.39, 0.29) is 11.6 Å². The van der Waals surface area contributed by atoms with Crippen LogP contribution in [0.15, 0.2) is 78.9 Å². The molecule has 1 aliphatic rings. The first-order valence-electron chi connectivity index (χ1n) is 12.5. The van der Waals surface area contributed by atoms with E-state index < -0.39 is 22.2 Å². The lowest BCUT2D eigenvalue weighted by atomic mass is 10.0. The molecule has 3 aromatic carbocycles. The molecule has 2 atom stereocenters. The van der Waals surface area contributed by atoms with Crippen molar-refractivity contribution in [3.8, 4) is 0 Å². The maximum atomic E-state index is 13.5. The molecule has 36 heavy (non-hydrogen) atoms.